The zero-order chi connectivity index (χ0) is 23.9. The van der Waals surface area contributed by atoms with E-state index >= 15 is 0 Å². The van der Waals surface area contributed by atoms with Crippen molar-refractivity contribution in [2.45, 2.75) is 103 Å². The molecule has 33 heavy (non-hydrogen) atoms. The lowest BCUT2D eigenvalue weighted by Crippen LogP contribution is -2.05. The first kappa shape index (κ1) is 30.8. The Balaban J connectivity index is 1.99. The summed E-state index contributed by atoms with van der Waals surface area (Å²) in [6.45, 7) is 2.88. The summed E-state index contributed by atoms with van der Waals surface area (Å²) in [5.41, 5.74) is 0.882. The Hall–Kier alpha value is -0.270. The highest BCUT2D eigenvalue weighted by Crippen LogP contribution is 2.50. The van der Waals surface area contributed by atoms with Gasteiger partial charge in [0.1, 0.15) is 6.61 Å². The maximum atomic E-state index is 12.6. The van der Waals surface area contributed by atoms with E-state index in [1.54, 1.807) is 0 Å². The third kappa shape index (κ3) is 18.7. The minimum Gasteiger partial charge on any atom is -0.283 e. The van der Waals surface area contributed by atoms with Crippen molar-refractivity contribution in [3.05, 3.63) is 35.9 Å². The number of halogens is 1. The molecule has 0 radical (unpaired) electrons. The van der Waals surface area contributed by atoms with E-state index in [1.165, 1.54) is 77.0 Å². The van der Waals surface area contributed by atoms with E-state index < -0.39 is 7.82 Å². The number of hydrogen-bond acceptors (Lipinski definition) is 6. The summed E-state index contributed by atoms with van der Waals surface area (Å²) in [5.74, 6) is 0. The molecule has 1 rings (SSSR count). The number of unbranched alkanes of at least 4 members (excludes halogenated alkanes) is 13. The Morgan fingerprint density at radius 1 is 0.697 bits per heavy atom. The Morgan fingerprint density at radius 2 is 1.21 bits per heavy atom. The number of hydrogen-bond donors (Lipinski definition) is 0. The Labute approximate surface area is 209 Å². The van der Waals surface area contributed by atoms with Gasteiger partial charge in [-0.25, -0.2) is 14.3 Å². The molecule has 0 heterocycles. The van der Waals surface area contributed by atoms with Gasteiger partial charge in [0.15, 0.2) is 0 Å². The van der Waals surface area contributed by atoms with Crippen molar-refractivity contribution < 1.29 is 28.2 Å². The number of benzene rings is 1. The molecule has 0 saturated heterocycles. The van der Waals surface area contributed by atoms with Crippen molar-refractivity contribution >= 4 is 23.8 Å². The summed E-state index contributed by atoms with van der Waals surface area (Å²) >= 11 is 3.22. The molecule has 0 spiro atoms. The molecule has 0 saturated carbocycles. The van der Waals surface area contributed by atoms with Crippen LogP contribution >= 0.6 is 23.8 Å². The molecule has 1 aromatic rings. The van der Waals surface area contributed by atoms with E-state index in [0.29, 0.717) is 11.9 Å². The molecular formula is C25H44BrO6P. The van der Waals surface area contributed by atoms with Crippen molar-refractivity contribution in [3.8, 4) is 0 Å². The highest BCUT2D eigenvalue weighted by Gasteiger charge is 2.30. The fraction of sp³-hybridized carbons (Fsp3) is 0.760. The van der Waals surface area contributed by atoms with E-state index in [1.807, 2.05) is 30.3 Å². The molecular weight excluding hydrogens is 507 g/mol. The third-order valence-corrected chi connectivity index (χ3v) is 6.66. The van der Waals surface area contributed by atoms with E-state index in [0.717, 1.165) is 18.4 Å². The van der Waals surface area contributed by atoms with Gasteiger partial charge in [0.05, 0.1) is 13.2 Å². The van der Waals surface area contributed by atoms with Crippen LogP contribution in [-0.4, -0.2) is 18.5 Å². The third-order valence-electron chi connectivity index (χ3n) is 5.26. The molecule has 0 aliphatic heterocycles. The van der Waals surface area contributed by atoms with Crippen LogP contribution in [-0.2, 0) is 34.8 Å². The number of rotatable bonds is 24. The first-order valence-corrected chi connectivity index (χ1v) is 15.3. The first-order valence-electron chi connectivity index (χ1n) is 12.7. The molecule has 0 N–H and O–H groups in total. The minimum absolute atomic E-state index is 0.130. The largest absolute Gasteiger partial charge is 0.529 e. The SMILES string of the molecule is CCCCCCCCCCCCCCCCOOP(=O)(OCCBr)OOCc1ccccc1. The molecule has 6 nitrogen and oxygen atoms in total. The number of phosphoric acid groups is 1. The molecule has 1 unspecified atom stereocenters. The van der Waals surface area contributed by atoms with E-state index in [-0.39, 0.29) is 13.2 Å². The second-order valence-electron chi connectivity index (χ2n) is 8.28. The molecule has 0 aromatic heterocycles. The van der Waals surface area contributed by atoms with E-state index in [9.17, 15) is 4.57 Å². The van der Waals surface area contributed by atoms with Crippen LogP contribution in [0.4, 0.5) is 0 Å². The van der Waals surface area contributed by atoms with Crippen LogP contribution in [0.3, 0.4) is 0 Å². The summed E-state index contributed by atoms with van der Waals surface area (Å²) in [6.07, 6.45) is 18.0. The van der Waals surface area contributed by atoms with Crippen molar-refractivity contribution in [3.63, 3.8) is 0 Å². The van der Waals surface area contributed by atoms with E-state index in [4.69, 9.17) is 23.6 Å². The second kappa shape index (κ2) is 22.2. The second-order valence-corrected chi connectivity index (χ2v) is 10.5. The average Bonchev–Trinajstić information content (AvgIpc) is 2.83. The molecule has 1 aromatic carbocycles. The Kier molecular flexibility index (Phi) is 20.7. The molecule has 0 amide bonds. The van der Waals surface area contributed by atoms with Crippen LogP contribution in [0.1, 0.15) is 102 Å². The maximum absolute atomic E-state index is 12.6. The van der Waals surface area contributed by atoms with Crippen LogP contribution in [0.15, 0.2) is 30.3 Å². The average molecular weight is 551 g/mol. The van der Waals surface area contributed by atoms with E-state index in [2.05, 4.69) is 22.9 Å². The predicted molar refractivity (Wildman–Crippen MR) is 137 cm³/mol. The van der Waals surface area contributed by atoms with Gasteiger partial charge in [0, 0.05) is 5.33 Å². The standard InChI is InChI=1S/C25H44BrO6P/c1-2-3-4-5-6-7-8-9-10-11-12-13-14-18-22-28-31-33(27,30-23-21-26)32-29-24-25-19-16-15-17-20-25/h15-17,19-20H,2-14,18,21-24H2,1H3. The van der Waals surface area contributed by atoms with Gasteiger partial charge in [-0.1, -0.05) is 137 Å². The van der Waals surface area contributed by atoms with Gasteiger partial charge < -0.3 is 0 Å². The van der Waals surface area contributed by atoms with Crippen molar-refractivity contribution in [2.75, 3.05) is 18.5 Å². The topological polar surface area (TPSA) is 63.2 Å². The fourth-order valence-electron chi connectivity index (χ4n) is 3.39. The van der Waals surface area contributed by atoms with Crippen LogP contribution < -0.4 is 0 Å². The lowest BCUT2D eigenvalue weighted by molar-refractivity contribution is -0.286. The van der Waals surface area contributed by atoms with Crippen LogP contribution in [0.2, 0.25) is 0 Å². The predicted octanol–water partition coefficient (Wildman–Crippen LogP) is 9.08. The zero-order valence-electron chi connectivity index (χ0n) is 20.4. The summed E-state index contributed by atoms with van der Waals surface area (Å²) < 4.78 is 27.6. The minimum atomic E-state index is -3.94. The fourth-order valence-corrected chi connectivity index (χ4v) is 4.62. The zero-order valence-corrected chi connectivity index (χ0v) is 22.9. The summed E-state index contributed by atoms with van der Waals surface area (Å²) in [6, 6.07) is 9.43. The van der Waals surface area contributed by atoms with Crippen molar-refractivity contribution in [2.24, 2.45) is 0 Å². The Bertz CT molecular complexity index is 590. The Morgan fingerprint density at radius 3 is 1.76 bits per heavy atom. The lowest BCUT2D eigenvalue weighted by atomic mass is 10.0. The van der Waals surface area contributed by atoms with Gasteiger partial charge in [-0.3, -0.25) is 4.52 Å². The number of alkyl halides is 1. The summed E-state index contributed by atoms with van der Waals surface area (Å²) in [4.78, 5) is 10.2. The molecule has 0 bridgehead atoms. The van der Waals surface area contributed by atoms with Gasteiger partial charge in [-0.15, -0.1) is 9.35 Å². The summed E-state index contributed by atoms with van der Waals surface area (Å²) in [7, 11) is -3.94. The molecule has 192 valence electrons. The van der Waals surface area contributed by atoms with Gasteiger partial charge in [0.2, 0.25) is 0 Å². The summed E-state index contributed by atoms with van der Waals surface area (Å²) in [5, 5.41) is 0.487. The van der Waals surface area contributed by atoms with Crippen molar-refractivity contribution in [1.82, 2.24) is 0 Å². The smallest absolute Gasteiger partial charge is 0.283 e. The molecule has 0 fully saturated rings. The van der Waals surface area contributed by atoms with Crippen LogP contribution in [0, 0.1) is 0 Å². The molecule has 0 aliphatic rings. The maximum Gasteiger partial charge on any atom is 0.529 e. The van der Waals surface area contributed by atoms with Gasteiger partial charge >= 0.3 is 7.82 Å². The monoisotopic (exact) mass is 550 g/mol. The quantitative estimate of drug-likeness (QED) is 0.0420. The lowest BCUT2D eigenvalue weighted by Gasteiger charge is -2.15. The highest BCUT2D eigenvalue weighted by atomic mass is 79.9. The molecule has 8 heteroatoms. The van der Waals surface area contributed by atoms with Crippen LogP contribution in [0.25, 0.3) is 0 Å². The highest BCUT2D eigenvalue weighted by molar-refractivity contribution is 9.09. The molecule has 0 aliphatic carbocycles. The van der Waals surface area contributed by atoms with Gasteiger partial charge in [0.25, 0.3) is 0 Å². The first-order chi connectivity index (χ1) is 16.2. The van der Waals surface area contributed by atoms with Crippen LogP contribution in [0.5, 0.6) is 0 Å². The normalized spacial score (nSPS) is 13.3. The molecule has 1 atom stereocenters. The van der Waals surface area contributed by atoms with Gasteiger partial charge in [-0.2, -0.15) is 0 Å². The van der Waals surface area contributed by atoms with Crippen molar-refractivity contribution in [1.29, 1.82) is 0 Å². The van der Waals surface area contributed by atoms with Gasteiger partial charge in [-0.05, 0) is 12.0 Å².